The number of carbonyl (C=O) groups is 1. The second-order valence-corrected chi connectivity index (χ2v) is 6.64. The summed E-state index contributed by atoms with van der Waals surface area (Å²) in [6, 6.07) is 8.92. The summed E-state index contributed by atoms with van der Waals surface area (Å²) in [7, 11) is 0. The highest BCUT2D eigenvalue weighted by Gasteiger charge is 2.34. The predicted molar refractivity (Wildman–Crippen MR) is 94.9 cm³/mol. The molecule has 4 nitrogen and oxygen atoms in total. The number of carbonyl (C=O) groups excluding carboxylic acids is 1. The highest BCUT2D eigenvalue weighted by atomic mass is 19.4. The molecule has 144 valence electrons. The Labute approximate surface area is 155 Å². The first-order valence-corrected chi connectivity index (χ1v) is 8.86. The number of pyridine rings is 1. The Morgan fingerprint density at radius 1 is 1.22 bits per heavy atom. The van der Waals surface area contributed by atoms with Crippen molar-refractivity contribution in [3.05, 3.63) is 58.8 Å². The second-order valence-electron chi connectivity index (χ2n) is 6.64. The van der Waals surface area contributed by atoms with Crippen LogP contribution in [0.4, 0.5) is 13.2 Å². The van der Waals surface area contributed by atoms with E-state index in [0.29, 0.717) is 11.8 Å². The van der Waals surface area contributed by atoms with Crippen LogP contribution in [0.3, 0.4) is 0 Å². The van der Waals surface area contributed by atoms with E-state index in [1.807, 2.05) is 12.1 Å². The van der Waals surface area contributed by atoms with Crippen LogP contribution in [-0.2, 0) is 12.8 Å². The molecule has 0 unspecified atom stereocenters. The molecule has 2 heterocycles. The van der Waals surface area contributed by atoms with Crippen LogP contribution >= 0.6 is 0 Å². The van der Waals surface area contributed by atoms with E-state index >= 15 is 0 Å². The number of piperidine rings is 1. The minimum atomic E-state index is -4.56. The smallest absolute Gasteiger partial charge is 0.416 e. The molecule has 0 atom stereocenters. The van der Waals surface area contributed by atoms with Gasteiger partial charge in [-0.1, -0.05) is 18.2 Å². The summed E-state index contributed by atoms with van der Waals surface area (Å²) >= 11 is 0. The maximum absolute atomic E-state index is 13.3. The van der Waals surface area contributed by atoms with Gasteiger partial charge in [0.2, 0.25) is 5.88 Å². The summed E-state index contributed by atoms with van der Waals surface area (Å²) in [4.78, 5) is 15.9. The number of alkyl halides is 3. The second kappa shape index (κ2) is 8.08. The number of hydrogen-bond acceptors (Lipinski definition) is 4. The number of aromatic nitrogens is 1. The van der Waals surface area contributed by atoms with Gasteiger partial charge >= 0.3 is 6.18 Å². The zero-order valence-electron chi connectivity index (χ0n) is 15.0. The normalized spacial score (nSPS) is 15.6. The number of ether oxygens (including phenoxy) is 1. The Morgan fingerprint density at radius 3 is 2.63 bits per heavy atom. The summed E-state index contributed by atoms with van der Waals surface area (Å²) in [5, 5.41) is 3.29. The minimum Gasteiger partial charge on any atom is -0.473 e. The fourth-order valence-electron chi connectivity index (χ4n) is 3.19. The quantitative estimate of drug-likeness (QED) is 0.786. The lowest BCUT2D eigenvalue weighted by molar-refractivity contribution is -0.138. The number of benzene rings is 1. The molecule has 1 N–H and O–H groups in total. The Hall–Kier alpha value is -2.41. The summed E-state index contributed by atoms with van der Waals surface area (Å²) in [5.41, 5.74) is 0.0420. The van der Waals surface area contributed by atoms with Gasteiger partial charge < -0.3 is 10.1 Å². The number of Topliss-reactive ketones (excluding diaryl/α,β-unsaturated/α-hetero) is 1. The lowest BCUT2D eigenvalue weighted by atomic mass is 9.94. The van der Waals surface area contributed by atoms with E-state index < -0.39 is 17.5 Å². The molecule has 1 aromatic carbocycles. The summed E-state index contributed by atoms with van der Waals surface area (Å²) in [5.74, 6) is 0.217. The largest absolute Gasteiger partial charge is 0.473 e. The van der Waals surface area contributed by atoms with Crippen LogP contribution in [0.1, 0.15) is 52.9 Å². The van der Waals surface area contributed by atoms with Gasteiger partial charge in [-0.3, -0.25) is 4.79 Å². The van der Waals surface area contributed by atoms with Crippen molar-refractivity contribution in [2.75, 3.05) is 13.1 Å². The van der Waals surface area contributed by atoms with Crippen molar-refractivity contribution >= 4 is 5.78 Å². The van der Waals surface area contributed by atoms with Crippen molar-refractivity contribution in [1.29, 1.82) is 0 Å². The molecule has 0 spiro atoms. The van der Waals surface area contributed by atoms with E-state index in [1.54, 1.807) is 6.07 Å². The van der Waals surface area contributed by atoms with Gasteiger partial charge in [0.15, 0.2) is 5.78 Å². The molecular weight excluding hydrogens is 357 g/mol. The van der Waals surface area contributed by atoms with E-state index in [0.717, 1.165) is 37.7 Å². The van der Waals surface area contributed by atoms with Gasteiger partial charge in [-0.15, -0.1) is 0 Å². The number of hydrogen-bond donors (Lipinski definition) is 1. The average Bonchev–Trinajstić information content (AvgIpc) is 2.66. The highest BCUT2D eigenvalue weighted by Crippen LogP contribution is 2.33. The molecule has 0 bridgehead atoms. The molecule has 0 amide bonds. The first kappa shape index (κ1) is 19.4. The SMILES string of the molecule is CC(=O)c1ccc(COc2cccc(C3CCNCC3)n2)c(C(F)(F)F)c1. The van der Waals surface area contributed by atoms with Gasteiger partial charge in [0, 0.05) is 28.8 Å². The van der Waals surface area contributed by atoms with E-state index in [1.165, 1.54) is 19.1 Å². The van der Waals surface area contributed by atoms with Gasteiger partial charge in [-0.05, 0) is 45.0 Å². The molecule has 0 radical (unpaired) electrons. The maximum Gasteiger partial charge on any atom is 0.416 e. The number of rotatable bonds is 5. The average molecular weight is 378 g/mol. The number of nitrogens with one attached hydrogen (secondary N) is 1. The zero-order valence-corrected chi connectivity index (χ0v) is 15.0. The van der Waals surface area contributed by atoms with Crippen molar-refractivity contribution in [3.8, 4) is 5.88 Å². The zero-order chi connectivity index (χ0) is 19.4. The maximum atomic E-state index is 13.3. The minimum absolute atomic E-state index is 0.0251. The van der Waals surface area contributed by atoms with Gasteiger partial charge in [-0.2, -0.15) is 13.2 Å². The Balaban J connectivity index is 1.77. The summed E-state index contributed by atoms with van der Waals surface area (Å²) in [6.07, 6.45) is -2.61. The van der Waals surface area contributed by atoms with Crippen LogP contribution in [0.5, 0.6) is 5.88 Å². The van der Waals surface area contributed by atoms with E-state index in [4.69, 9.17) is 4.74 Å². The third-order valence-corrected chi connectivity index (χ3v) is 4.70. The van der Waals surface area contributed by atoms with Crippen molar-refractivity contribution in [2.45, 2.75) is 38.5 Å². The van der Waals surface area contributed by atoms with E-state index in [9.17, 15) is 18.0 Å². The lowest BCUT2D eigenvalue weighted by Crippen LogP contribution is -2.27. The molecule has 1 aliphatic heterocycles. The van der Waals surface area contributed by atoms with Crippen molar-refractivity contribution in [1.82, 2.24) is 10.3 Å². The van der Waals surface area contributed by atoms with Crippen LogP contribution in [0.25, 0.3) is 0 Å². The molecule has 7 heteroatoms. The van der Waals surface area contributed by atoms with Crippen LogP contribution in [-0.4, -0.2) is 23.9 Å². The van der Waals surface area contributed by atoms with E-state index in [2.05, 4.69) is 10.3 Å². The molecule has 1 aromatic heterocycles. The van der Waals surface area contributed by atoms with Crippen molar-refractivity contribution in [2.24, 2.45) is 0 Å². The highest BCUT2D eigenvalue weighted by molar-refractivity contribution is 5.94. The fourth-order valence-corrected chi connectivity index (χ4v) is 3.19. The Kier molecular flexibility index (Phi) is 5.79. The van der Waals surface area contributed by atoms with Gasteiger partial charge in [0.1, 0.15) is 6.61 Å². The number of ketones is 1. The summed E-state index contributed by atoms with van der Waals surface area (Å²) in [6.45, 7) is 2.82. The van der Waals surface area contributed by atoms with Gasteiger partial charge in [-0.25, -0.2) is 4.98 Å². The molecule has 1 aliphatic rings. The van der Waals surface area contributed by atoms with Gasteiger partial charge in [0.25, 0.3) is 0 Å². The summed E-state index contributed by atoms with van der Waals surface area (Å²) < 4.78 is 45.6. The van der Waals surface area contributed by atoms with Crippen LogP contribution in [0, 0.1) is 0 Å². The first-order valence-electron chi connectivity index (χ1n) is 8.86. The molecule has 0 aliphatic carbocycles. The molecule has 0 saturated carbocycles. The van der Waals surface area contributed by atoms with E-state index in [-0.39, 0.29) is 17.7 Å². The van der Waals surface area contributed by atoms with Crippen LogP contribution in [0.2, 0.25) is 0 Å². The van der Waals surface area contributed by atoms with Gasteiger partial charge in [0.05, 0.1) is 5.56 Å². The molecular formula is C20H21F3N2O2. The molecule has 3 rings (SSSR count). The van der Waals surface area contributed by atoms with Crippen molar-refractivity contribution in [3.63, 3.8) is 0 Å². The Morgan fingerprint density at radius 2 is 1.96 bits per heavy atom. The third kappa shape index (κ3) is 4.86. The standard InChI is InChI=1S/C20H21F3N2O2/c1-13(26)15-5-6-16(17(11-15)20(21,22)23)12-27-19-4-2-3-18(25-19)14-7-9-24-10-8-14/h2-6,11,14,24H,7-10,12H2,1H3. The Bertz CT molecular complexity index is 815. The lowest BCUT2D eigenvalue weighted by Gasteiger charge is -2.22. The van der Waals surface area contributed by atoms with Crippen LogP contribution in [0.15, 0.2) is 36.4 Å². The van der Waals surface area contributed by atoms with Crippen molar-refractivity contribution < 1.29 is 22.7 Å². The van der Waals surface area contributed by atoms with Crippen LogP contribution < -0.4 is 10.1 Å². The predicted octanol–water partition coefficient (Wildman–Crippen LogP) is 4.35. The molecule has 27 heavy (non-hydrogen) atoms. The molecule has 1 saturated heterocycles. The molecule has 2 aromatic rings. The number of nitrogens with zero attached hydrogens (tertiary/aromatic N) is 1. The third-order valence-electron chi connectivity index (χ3n) is 4.70. The topological polar surface area (TPSA) is 51.2 Å². The number of halogens is 3. The first-order chi connectivity index (χ1) is 12.8. The monoisotopic (exact) mass is 378 g/mol. The molecule has 1 fully saturated rings. The fraction of sp³-hybridized carbons (Fsp3) is 0.400.